The molecule has 2 N–H and O–H groups in total. The van der Waals surface area contributed by atoms with Crippen molar-refractivity contribution in [2.75, 3.05) is 26.7 Å². The minimum Gasteiger partial charge on any atom is -0.496 e. The Kier molecular flexibility index (Phi) is 4.32. The van der Waals surface area contributed by atoms with Crippen molar-refractivity contribution in [1.29, 1.82) is 0 Å². The lowest BCUT2D eigenvalue weighted by Crippen LogP contribution is -2.46. The maximum absolute atomic E-state index is 5.60. The first-order valence-corrected chi connectivity index (χ1v) is 8.00. The van der Waals surface area contributed by atoms with Gasteiger partial charge in [0.05, 0.1) is 7.11 Å². The van der Waals surface area contributed by atoms with Gasteiger partial charge in [-0.05, 0) is 25.3 Å². The predicted octanol–water partition coefficient (Wildman–Crippen LogP) is 2.45. The normalized spacial score (nSPS) is 20.5. The molecule has 1 fully saturated rings. The molecule has 0 atom stereocenters. The maximum atomic E-state index is 5.60. The van der Waals surface area contributed by atoms with E-state index in [1.54, 1.807) is 7.11 Å². The zero-order valence-electron chi connectivity index (χ0n) is 12.8. The Morgan fingerprint density at radius 3 is 2.76 bits per heavy atom. The molecule has 1 heterocycles. The first-order chi connectivity index (χ1) is 10.3. The van der Waals surface area contributed by atoms with Crippen LogP contribution in [0.15, 0.2) is 29.3 Å². The van der Waals surface area contributed by atoms with Gasteiger partial charge in [-0.15, -0.1) is 0 Å². The Balaban J connectivity index is 1.80. The highest BCUT2D eigenvalue weighted by molar-refractivity contribution is 5.80. The Morgan fingerprint density at radius 1 is 1.24 bits per heavy atom. The summed E-state index contributed by atoms with van der Waals surface area (Å²) in [5.74, 6) is 1.97. The number of methoxy groups -OCH3 is 1. The van der Waals surface area contributed by atoms with Crippen molar-refractivity contribution in [1.82, 2.24) is 10.6 Å². The molecule has 1 aromatic carbocycles. The van der Waals surface area contributed by atoms with E-state index in [0.717, 1.165) is 37.8 Å². The lowest BCUT2D eigenvalue weighted by molar-refractivity contribution is 0.371. The second-order valence-electron chi connectivity index (χ2n) is 6.05. The van der Waals surface area contributed by atoms with Gasteiger partial charge < -0.3 is 15.4 Å². The van der Waals surface area contributed by atoms with Crippen molar-refractivity contribution in [2.45, 2.75) is 37.5 Å². The van der Waals surface area contributed by atoms with Gasteiger partial charge in [-0.25, -0.2) is 0 Å². The Bertz CT molecular complexity index is 507. The second kappa shape index (κ2) is 6.37. The average Bonchev–Trinajstić information content (AvgIpc) is 3.04. The van der Waals surface area contributed by atoms with Gasteiger partial charge in [-0.2, -0.15) is 0 Å². The Morgan fingerprint density at radius 2 is 2.05 bits per heavy atom. The monoisotopic (exact) mass is 287 g/mol. The number of nitrogens with one attached hydrogen (secondary N) is 2. The third kappa shape index (κ3) is 2.99. The zero-order valence-corrected chi connectivity index (χ0v) is 12.8. The fraction of sp³-hybridized carbons (Fsp3) is 0.588. The van der Waals surface area contributed by atoms with Crippen molar-refractivity contribution in [2.24, 2.45) is 4.99 Å². The van der Waals surface area contributed by atoms with Crippen LogP contribution in [0.5, 0.6) is 5.75 Å². The first kappa shape index (κ1) is 14.2. The number of guanidine groups is 1. The van der Waals surface area contributed by atoms with Gasteiger partial charge in [0.1, 0.15) is 5.75 Å². The Labute approximate surface area is 127 Å². The van der Waals surface area contributed by atoms with Crippen LogP contribution in [0.4, 0.5) is 0 Å². The summed E-state index contributed by atoms with van der Waals surface area (Å²) in [4.78, 5) is 4.52. The summed E-state index contributed by atoms with van der Waals surface area (Å²) >= 11 is 0. The molecule has 1 saturated carbocycles. The molecule has 0 aromatic heterocycles. The van der Waals surface area contributed by atoms with Gasteiger partial charge in [0, 0.05) is 30.6 Å². The quantitative estimate of drug-likeness (QED) is 0.894. The number of rotatable bonds is 4. The van der Waals surface area contributed by atoms with Gasteiger partial charge in [-0.3, -0.25) is 4.99 Å². The smallest absolute Gasteiger partial charge is 0.191 e. The summed E-state index contributed by atoms with van der Waals surface area (Å²) < 4.78 is 5.60. The first-order valence-electron chi connectivity index (χ1n) is 8.00. The van der Waals surface area contributed by atoms with Crippen molar-refractivity contribution in [3.8, 4) is 5.75 Å². The lowest BCUT2D eigenvalue weighted by atomic mass is 9.78. The highest BCUT2D eigenvalue weighted by Crippen LogP contribution is 2.44. The van der Waals surface area contributed by atoms with Crippen LogP contribution in [0.25, 0.3) is 0 Å². The third-order valence-electron chi connectivity index (χ3n) is 4.73. The van der Waals surface area contributed by atoms with E-state index in [1.807, 2.05) is 6.07 Å². The minimum absolute atomic E-state index is 0.175. The van der Waals surface area contributed by atoms with Gasteiger partial charge in [0.2, 0.25) is 0 Å². The molecule has 3 rings (SSSR count). The minimum atomic E-state index is 0.175. The number of para-hydroxylation sites is 1. The summed E-state index contributed by atoms with van der Waals surface area (Å²) in [5.41, 5.74) is 1.52. The third-order valence-corrected chi connectivity index (χ3v) is 4.73. The summed E-state index contributed by atoms with van der Waals surface area (Å²) in [5, 5.41) is 6.89. The average molecular weight is 287 g/mol. The molecule has 21 heavy (non-hydrogen) atoms. The highest BCUT2D eigenvalue weighted by Gasteiger charge is 2.37. The molecule has 1 aliphatic carbocycles. The van der Waals surface area contributed by atoms with Crippen molar-refractivity contribution >= 4 is 5.96 Å². The molecule has 4 heteroatoms. The molecule has 1 aromatic rings. The molecule has 4 nitrogen and oxygen atoms in total. The number of nitrogens with zero attached hydrogens (tertiary/aromatic N) is 1. The topological polar surface area (TPSA) is 45.6 Å². The summed E-state index contributed by atoms with van der Waals surface area (Å²) in [6.45, 7) is 2.88. The standard InChI is InChI=1S/C17H25N3O/c1-21-15-8-3-2-7-14(15)17(9-4-5-10-17)13-20-16-18-11-6-12-19-16/h2-3,7-8H,4-6,9-13H2,1H3,(H2,18,19,20). The molecule has 114 valence electrons. The summed E-state index contributed by atoms with van der Waals surface area (Å²) in [6.07, 6.45) is 6.14. The van der Waals surface area contributed by atoms with Crippen LogP contribution in [0.1, 0.15) is 37.7 Å². The van der Waals surface area contributed by atoms with Crippen molar-refractivity contribution in [3.05, 3.63) is 29.8 Å². The number of benzene rings is 1. The predicted molar refractivity (Wildman–Crippen MR) is 86.1 cm³/mol. The lowest BCUT2D eigenvalue weighted by Gasteiger charge is -2.32. The number of aliphatic imine (C=N–C) groups is 1. The van der Waals surface area contributed by atoms with Crippen molar-refractivity contribution < 1.29 is 4.74 Å². The molecule has 0 bridgehead atoms. The van der Waals surface area contributed by atoms with E-state index in [4.69, 9.17) is 4.74 Å². The molecule has 0 spiro atoms. The summed E-state index contributed by atoms with van der Waals surface area (Å²) in [7, 11) is 1.77. The maximum Gasteiger partial charge on any atom is 0.191 e. The van der Waals surface area contributed by atoms with Gasteiger partial charge in [-0.1, -0.05) is 31.0 Å². The van der Waals surface area contributed by atoms with Crippen LogP contribution in [-0.2, 0) is 5.41 Å². The molecular weight excluding hydrogens is 262 g/mol. The number of hydrogen-bond acceptors (Lipinski definition) is 4. The number of ether oxygens (including phenoxy) is 1. The fourth-order valence-corrected chi connectivity index (χ4v) is 3.58. The van der Waals surface area contributed by atoms with Crippen molar-refractivity contribution in [3.63, 3.8) is 0 Å². The highest BCUT2D eigenvalue weighted by atomic mass is 16.5. The van der Waals surface area contributed by atoms with Crippen LogP contribution in [0.2, 0.25) is 0 Å². The van der Waals surface area contributed by atoms with E-state index in [-0.39, 0.29) is 5.41 Å². The largest absolute Gasteiger partial charge is 0.496 e. The van der Waals surface area contributed by atoms with Crippen LogP contribution in [-0.4, -0.2) is 32.7 Å². The van der Waals surface area contributed by atoms with Gasteiger partial charge >= 0.3 is 0 Å². The van der Waals surface area contributed by atoms with E-state index in [2.05, 4.69) is 33.8 Å². The molecule has 0 saturated heterocycles. The number of hydrogen-bond donors (Lipinski definition) is 2. The molecule has 0 unspecified atom stereocenters. The van der Waals surface area contributed by atoms with E-state index < -0.39 is 0 Å². The van der Waals surface area contributed by atoms with Crippen LogP contribution >= 0.6 is 0 Å². The molecule has 0 radical (unpaired) electrons. The molecule has 0 amide bonds. The van der Waals surface area contributed by atoms with E-state index in [0.29, 0.717) is 0 Å². The van der Waals surface area contributed by atoms with Crippen LogP contribution < -0.4 is 15.4 Å². The zero-order chi connectivity index (χ0) is 14.5. The second-order valence-corrected chi connectivity index (χ2v) is 6.05. The van der Waals surface area contributed by atoms with Gasteiger partial charge in [0.15, 0.2) is 5.96 Å². The molecule has 1 aliphatic heterocycles. The fourth-order valence-electron chi connectivity index (χ4n) is 3.58. The van der Waals surface area contributed by atoms with E-state index in [1.165, 1.54) is 31.2 Å². The van der Waals surface area contributed by atoms with E-state index in [9.17, 15) is 0 Å². The molecule has 2 aliphatic rings. The van der Waals surface area contributed by atoms with E-state index >= 15 is 0 Å². The summed E-state index contributed by atoms with van der Waals surface area (Å²) in [6, 6.07) is 8.47. The van der Waals surface area contributed by atoms with Gasteiger partial charge in [0.25, 0.3) is 0 Å². The Hall–Kier alpha value is -1.71. The molecular formula is C17H25N3O. The SMILES string of the molecule is COc1ccccc1C1(CNC2=NCCCN2)CCCC1. The van der Waals surface area contributed by atoms with Crippen LogP contribution in [0.3, 0.4) is 0 Å². The van der Waals surface area contributed by atoms with Crippen LogP contribution in [0, 0.1) is 0 Å².